The van der Waals surface area contributed by atoms with Crippen molar-refractivity contribution in [1.29, 1.82) is 0 Å². The van der Waals surface area contributed by atoms with Crippen LogP contribution in [0.4, 0.5) is 0 Å². The van der Waals surface area contributed by atoms with Gasteiger partial charge in [-0.1, -0.05) is 59.2 Å². The van der Waals surface area contributed by atoms with Crippen LogP contribution in [-0.4, -0.2) is 107 Å². The number of ether oxygens (including phenoxy) is 2. The van der Waals surface area contributed by atoms with Gasteiger partial charge in [0.05, 0.1) is 25.9 Å². The number of carbonyl (C=O) groups excluding carboxylic acids is 2. The molecule has 2 aliphatic heterocycles. The molecule has 4 N–H and O–H groups in total. The van der Waals surface area contributed by atoms with Crippen molar-refractivity contribution in [2.45, 2.75) is 117 Å². The van der Waals surface area contributed by atoms with Gasteiger partial charge >= 0.3 is 0 Å². The first kappa shape index (κ1) is 40.7. The second-order valence-corrected chi connectivity index (χ2v) is 15.8. The maximum absolute atomic E-state index is 13.7. The van der Waals surface area contributed by atoms with Crippen molar-refractivity contribution in [2.75, 3.05) is 46.4 Å². The predicted octanol–water partition coefficient (Wildman–Crippen LogP) is 4.35. The maximum Gasteiger partial charge on any atom is 0.247 e. The molecule has 51 heavy (non-hydrogen) atoms. The van der Waals surface area contributed by atoms with Gasteiger partial charge in [0, 0.05) is 43.6 Å². The molecule has 10 heteroatoms. The molecule has 10 nitrogen and oxygen atoms in total. The van der Waals surface area contributed by atoms with E-state index < -0.39 is 35.4 Å². The third-order valence-electron chi connectivity index (χ3n) is 11.3. The summed E-state index contributed by atoms with van der Waals surface area (Å²) in [5.41, 5.74) is 4.63. The van der Waals surface area contributed by atoms with Crippen LogP contribution in [0.25, 0.3) is 0 Å². The van der Waals surface area contributed by atoms with E-state index in [4.69, 9.17) is 9.47 Å². The zero-order valence-corrected chi connectivity index (χ0v) is 32.4. The Kier molecular flexibility index (Phi) is 13.7. The molecule has 2 unspecified atom stereocenters. The summed E-state index contributed by atoms with van der Waals surface area (Å²) in [7, 11) is 1.59. The minimum absolute atomic E-state index is 0.00192. The number of hydrogen-bond donors (Lipinski definition) is 4. The SMILES string of the molecule is CCCc1cc(OC)c([C@@H]2O[C@H](CO)CC(O)[C@H]2O)cc1Cc1ccc(CC(C)C(C)(C)C(=O)NC(C)(C)C(=O)N2CCN(CC)CC2)cc1C. The van der Waals surface area contributed by atoms with E-state index in [0.717, 1.165) is 60.3 Å². The first-order valence-corrected chi connectivity index (χ1v) is 18.8. The van der Waals surface area contributed by atoms with Crippen LogP contribution < -0.4 is 10.1 Å². The highest BCUT2D eigenvalue weighted by atomic mass is 16.5. The molecule has 0 bridgehead atoms. The Morgan fingerprint density at radius 2 is 1.71 bits per heavy atom. The van der Waals surface area contributed by atoms with Gasteiger partial charge < -0.3 is 39.9 Å². The highest BCUT2D eigenvalue weighted by Gasteiger charge is 2.41. The zero-order valence-electron chi connectivity index (χ0n) is 32.4. The van der Waals surface area contributed by atoms with Crippen molar-refractivity contribution in [1.82, 2.24) is 15.1 Å². The topological polar surface area (TPSA) is 132 Å². The van der Waals surface area contributed by atoms with Crippen LogP contribution in [0.5, 0.6) is 5.75 Å². The van der Waals surface area contributed by atoms with Gasteiger partial charge in [-0.05, 0) is 92.4 Å². The number of likely N-dealkylation sites (N-methyl/N-ethyl adjacent to an activating group) is 1. The third kappa shape index (κ3) is 9.51. The normalized spacial score (nSPS) is 22.5. The molecule has 0 aliphatic carbocycles. The number of nitrogens with one attached hydrogen (secondary N) is 1. The molecule has 5 atom stereocenters. The van der Waals surface area contributed by atoms with Gasteiger partial charge in [0.1, 0.15) is 23.5 Å². The lowest BCUT2D eigenvalue weighted by Crippen LogP contribution is -2.61. The van der Waals surface area contributed by atoms with Crippen LogP contribution in [0.2, 0.25) is 0 Å². The van der Waals surface area contributed by atoms with Crippen LogP contribution >= 0.6 is 0 Å². The number of aryl methyl sites for hydroxylation is 2. The number of methoxy groups -OCH3 is 1. The minimum atomic E-state index is -1.14. The van der Waals surface area contributed by atoms with E-state index in [2.05, 4.69) is 56.1 Å². The summed E-state index contributed by atoms with van der Waals surface area (Å²) in [6, 6.07) is 10.5. The summed E-state index contributed by atoms with van der Waals surface area (Å²) >= 11 is 0. The van der Waals surface area contributed by atoms with Crippen LogP contribution in [0, 0.1) is 18.3 Å². The van der Waals surface area contributed by atoms with Gasteiger partial charge in [0.15, 0.2) is 0 Å². The van der Waals surface area contributed by atoms with Crippen LogP contribution in [0.1, 0.15) is 101 Å². The standard InChI is InChI=1S/C41H63N3O7/c1-10-12-30-23-35(50-9)33(37-36(47)34(46)24-32(25-45)51-37)22-31(30)21-29-14-13-28(19-26(29)3)20-27(4)40(5,6)38(48)42-41(7,8)39(49)44-17-15-43(11-2)16-18-44/h13-14,19,22-23,27,32,34,36-37,45-47H,10-12,15-18,20-21,24-25H2,1-9H3,(H,42,48)/t27?,32-,34?,36+,37-/m0/s1. The van der Waals surface area contributed by atoms with Crippen LogP contribution in [0.3, 0.4) is 0 Å². The average molecular weight is 710 g/mol. The van der Waals surface area contributed by atoms with E-state index in [-0.39, 0.29) is 30.8 Å². The second-order valence-electron chi connectivity index (χ2n) is 15.8. The fraction of sp³-hybridized carbons (Fsp3) is 0.659. The van der Waals surface area contributed by atoms with Crippen molar-refractivity contribution in [2.24, 2.45) is 11.3 Å². The summed E-state index contributed by atoms with van der Waals surface area (Å²) < 4.78 is 11.8. The molecule has 2 fully saturated rings. The molecule has 284 valence electrons. The van der Waals surface area contributed by atoms with E-state index in [1.165, 1.54) is 0 Å². The van der Waals surface area contributed by atoms with E-state index >= 15 is 0 Å². The Morgan fingerprint density at radius 3 is 2.29 bits per heavy atom. The highest BCUT2D eigenvalue weighted by Crippen LogP contribution is 2.39. The fourth-order valence-electron chi connectivity index (χ4n) is 7.36. The smallest absolute Gasteiger partial charge is 0.247 e. The van der Waals surface area contributed by atoms with Gasteiger partial charge in [-0.15, -0.1) is 0 Å². The summed E-state index contributed by atoms with van der Waals surface area (Å²) in [4.78, 5) is 31.3. The Balaban J connectivity index is 1.49. The molecule has 2 heterocycles. The monoisotopic (exact) mass is 709 g/mol. The van der Waals surface area contributed by atoms with Gasteiger partial charge in [0.2, 0.25) is 11.8 Å². The number of aliphatic hydroxyl groups excluding tert-OH is 3. The second kappa shape index (κ2) is 17.2. The van der Waals surface area contributed by atoms with Crippen molar-refractivity contribution in [3.8, 4) is 5.75 Å². The van der Waals surface area contributed by atoms with Crippen molar-refractivity contribution in [3.05, 3.63) is 63.7 Å². The first-order chi connectivity index (χ1) is 24.1. The van der Waals surface area contributed by atoms with Crippen molar-refractivity contribution in [3.63, 3.8) is 0 Å². The highest BCUT2D eigenvalue weighted by molar-refractivity contribution is 5.92. The molecule has 0 spiro atoms. The van der Waals surface area contributed by atoms with E-state index in [0.29, 0.717) is 37.2 Å². The van der Waals surface area contributed by atoms with Crippen LogP contribution in [-0.2, 0) is 33.6 Å². The fourth-order valence-corrected chi connectivity index (χ4v) is 7.36. The lowest BCUT2D eigenvalue weighted by Gasteiger charge is -2.40. The Hall–Kier alpha value is -3.02. The lowest BCUT2D eigenvalue weighted by atomic mass is 9.75. The number of nitrogens with zero attached hydrogens (tertiary/aromatic N) is 2. The number of aliphatic hydroxyl groups is 3. The molecule has 2 amide bonds. The summed E-state index contributed by atoms with van der Waals surface area (Å²) in [5, 5.41) is 34.3. The first-order valence-electron chi connectivity index (χ1n) is 18.8. The van der Waals surface area contributed by atoms with Crippen molar-refractivity contribution >= 4 is 11.8 Å². The number of piperazine rings is 1. The lowest BCUT2D eigenvalue weighted by molar-refractivity contribution is -0.180. The minimum Gasteiger partial charge on any atom is -0.496 e. The molecule has 2 aromatic carbocycles. The van der Waals surface area contributed by atoms with Crippen molar-refractivity contribution < 1.29 is 34.4 Å². The molecule has 4 rings (SSSR count). The zero-order chi connectivity index (χ0) is 37.7. The Morgan fingerprint density at radius 1 is 1.02 bits per heavy atom. The molecule has 2 saturated heterocycles. The number of rotatable bonds is 14. The molecule has 2 aliphatic rings. The Bertz CT molecular complexity index is 1500. The molecule has 0 aromatic heterocycles. The average Bonchev–Trinajstić information content (AvgIpc) is 3.10. The predicted molar refractivity (Wildman–Crippen MR) is 200 cm³/mol. The van der Waals surface area contributed by atoms with Crippen LogP contribution in [0.15, 0.2) is 30.3 Å². The van der Waals surface area contributed by atoms with Gasteiger partial charge in [-0.25, -0.2) is 0 Å². The molecular formula is C41H63N3O7. The summed E-state index contributed by atoms with van der Waals surface area (Å²) in [6.07, 6.45) is -0.242. The maximum atomic E-state index is 13.7. The van der Waals surface area contributed by atoms with Gasteiger partial charge in [-0.2, -0.15) is 0 Å². The largest absolute Gasteiger partial charge is 0.496 e. The van der Waals surface area contributed by atoms with E-state index in [1.807, 2.05) is 30.9 Å². The third-order valence-corrected chi connectivity index (χ3v) is 11.3. The summed E-state index contributed by atoms with van der Waals surface area (Å²) in [5.74, 6) is 0.425. The molecule has 0 radical (unpaired) electrons. The number of hydrogen-bond acceptors (Lipinski definition) is 8. The Labute approximate surface area is 305 Å². The van der Waals surface area contributed by atoms with Gasteiger partial charge in [-0.3, -0.25) is 9.59 Å². The summed E-state index contributed by atoms with van der Waals surface area (Å²) in [6.45, 7) is 19.8. The van der Waals surface area contributed by atoms with E-state index in [1.54, 1.807) is 21.0 Å². The number of carbonyl (C=O) groups is 2. The molecular weight excluding hydrogens is 646 g/mol. The number of amides is 2. The number of benzene rings is 2. The van der Waals surface area contributed by atoms with Gasteiger partial charge in [0.25, 0.3) is 0 Å². The molecule has 0 saturated carbocycles. The van der Waals surface area contributed by atoms with E-state index in [9.17, 15) is 24.9 Å². The quantitative estimate of drug-likeness (QED) is 0.228. The molecule has 2 aromatic rings.